The van der Waals surface area contributed by atoms with Crippen molar-refractivity contribution in [1.82, 2.24) is 4.72 Å². The van der Waals surface area contributed by atoms with Crippen LogP contribution in [-0.4, -0.2) is 32.3 Å². The summed E-state index contributed by atoms with van der Waals surface area (Å²) in [5.41, 5.74) is -0.220. The molecule has 0 aliphatic carbocycles. The van der Waals surface area contributed by atoms with Gasteiger partial charge in [0.15, 0.2) is 0 Å². The molecule has 138 valence electrons. The third-order valence-electron chi connectivity index (χ3n) is 3.30. The number of nitrogens with one attached hydrogen (secondary N) is 1. The third kappa shape index (κ3) is 5.08. The molecule has 1 aromatic heterocycles. The fourth-order valence-corrected chi connectivity index (χ4v) is 5.09. The number of benzene rings is 1. The van der Waals surface area contributed by atoms with E-state index in [1.807, 2.05) is 4.72 Å². The molecule has 0 amide bonds. The van der Waals surface area contributed by atoms with Gasteiger partial charge in [-0.2, -0.15) is 13.2 Å². The molecule has 0 bridgehead atoms. The fraction of sp³-hybridized carbons (Fsp3) is 0.286. The first-order valence-electron chi connectivity index (χ1n) is 6.75. The van der Waals surface area contributed by atoms with Crippen LogP contribution in [0.25, 0.3) is 0 Å². The van der Waals surface area contributed by atoms with Crippen molar-refractivity contribution in [2.75, 3.05) is 6.61 Å². The lowest BCUT2D eigenvalue weighted by Gasteiger charge is -2.28. The van der Waals surface area contributed by atoms with Crippen LogP contribution >= 0.6 is 34.5 Å². The molecule has 2 aromatic rings. The summed E-state index contributed by atoms with van der Waals surface area (Å²) in [6.07, 6.45) is -4.79. The number of halogens is 5. The van der Waals surface area contributed by atoms with E-state index in [1.165, 1.54) is 24.3 Å². The van der Waals surface area contributed by atoms with Crippen LogP contribution in [-0.2, 0) is 10.0 Å². The van der Waals surface area contributed by atoms with E-state index in [1.54, 1.807) is 0 Å². The highest BCUT2D eigenvalue weighted by Crippen LogP contribution is 2.38. The lowest BCUT2D eigenvalue weighted by atomic mass is 9.92. The van der Waals surface area contributed by atoms with Gasteiger partial charge in [0.1, 0.15) is 4.21 Å². The fourth-order valence-electron chi connectivity index (χ4n) is 2.23. The van der Waals surface area contributed by atoms with Crippen LogP contribution in [0.15, 0.2) is 40.6 Å². The molecule has 11 heteroatoms. The maximum atomic E-state index is 13.5. The zero-order chi connectivity index (χ0) is 18.8. The van der Waals surface area contributed by atoms with Gasteiger partial charge in [-0.15, -0.1) is 11.3 Å². The Morgan fingerprint density at radius 1 is 1.12 bits per heavy atom. The van der Waals surface area contributed by atoms with Crippen LogP contribution in [0.1, 0.15) is 11.5 Å². The Morgan fingerprint density at radius 2 is 1.72 bits per heavy atom. The van der Waals surface area contributed by atoms with Gasteiger partial charge in [0.2, 0.25) is 10.0 Å². The Hall–Kier alpha value is -0.840. The minimum atomic E-state index is -4.79. The lowest BCUT2D eigenvalue weighted by Crippen LogP contribution is -2.46. The molecule has 0 spiro atoms. The summed E-state index contributed by atoms with van der Waals surface area (Å²) < 4.78 is 67.0. The molecule has 25 heavy (non-hydrogen) atoms. The molecule has 0 saturated heterocycles. The van der Waals surface area contributed by atoms with Crippen molar-refractivity contribution in [3.05, 3.63) is 51.3 Å². The Balaban J connectivity index is 2.38. The van der Waals surface area contributed by atoms with Gasteiger partial charge >= 0.3 is 6.18 Å². The quantitative estimate of drug-likeness (QED) is 0.722. The van der Waals surface area contributed by atoms with Gasteiger partial charge in [0, 0.05) is 5.02 Å². The maximum Gasteiger partial charge on any atom is 0.397 e. The number of aliphatic hydroxyl groups is 1. The van der Waals surface area contributed by atoms with Crippen LogP contribution in [0.2, 0.25) is 9.36 Å². The van der Waals surface area contributed by atoms with E-state index >= 15 is 0 Å². The first-order valence-corrected chi connectivity index (χ1v) is 9.81. The Morgan fingerprint density at radius 3 is 2.16 bits per heavy atom. The van der Waals surface area contributed by atoms with Gasteiger partial charge in [-0.1, -0.05) is 35.3 Å². The average Bonchev–Trinajstić information content (AvgIpc) is 2.94. The van der Waals surface area contributed by atoms with Crippen molar-refractivity contribution in [2.24, 2.45) is 0 Å². The molecule has 0 saturated carbocycles. The van der Waals surface area contributed by atoms with Crippen LogP contribution in [0.3, 0.4) is 0 Å². The van der Waals surface area contributed by atoms with Crippen molar-refractivity contribution in [2.45, 2.75) is 22.3 Å². The highest BCUT2D eigenvalue weighted by molar-refractivity contribution is 7.91. The topological polar surface area (TPSA) is 66.4 Å². The highest BCUT2D eigenvalue weighted by atomic mass is 35.5. The normalized spacial score (nSPS) is 15.1. The molecule has 0 fully saturated rings. The van der Waals surface area contributed by atoms with Crippen molar-refractivity contribution < 1.29 is 26.7 Å². The first kappa shape index (κ1) is 20.5. The van der Waals surface area contributed by atoms with Crippen molar-refractivity contribution >= 4 is 44.6 Å². The van der Waals surface area contributed by atoms with Gasteiger partial charge < -0.3 is 5.11 Å². The number of thiophene rings is 1. The number of rotatable bonds is 6. The Bertz CT molecular complexity index is 823. The number of sulfonamides is 1. The molecule has 0 unspecified atom stereocenters. The van der Waals surface area contributed by atoms with E-state index in [-0.39, 0.29) is 19.1 Å². The SMILES string of the molecule is O=S(=O)(N[C@H](CO)[C@@H](c1ccc(Cl)cc1)C(F)(F)F)c1ccc(Cl)s1. The summed E-state index contributed by atoms with van der Waals surface area (Å²) in [6, 6.07) is 5.48. The Labute approximate surface area is 156 Å². The van der Waals surface area contributed by atoms with Crippen LogP contribution in [0.5, 0.6) is 0 Å². The van der Waals surface area contributed by atoms with E-state index in [0.29, 0.717) is 11.3 Å². The minimum Gasteiger partial charge on any atom is -0.395 e. The predicted octanol–water partition coefficient (Wildman–Crippen LogP) is 4.04. The van der Waals surface area contributed by atoms with E-state index < -0.39 is 34.8 Å². The zero-order valence-electron chi connectivity index (χ0n) is 12.3. The monoisotopic (exact) mass is 433 g/mol. The molecule has 2 atom stereocenters. The minimum absolute atomic E-state index is 0.172. The molecule has 1 heterocycles. The zero-order valence-corrected chi connectivity index (χ0v) is 15.4. The maximum absolute atomic E-state index is 13.5. The van der Waals surface area contributed by atoms with Crippen molar-refractivity contribution in [3.8, 4) is 0 Å². The summed E-state index contributed by atoms with van der Waals surface area (Å²) in [5.74, 6) is -2.25. The number of hydrogen-bond donors (Lipinski definition) is 2. The van der Waals surface area contributed by atoms with Gasteiger partial charge in [-0.25, -0.2) is 13.1 Å². The van der Waals surface area contributed by atoms with Crippen molar-refractivity contribution in [3.63, 3.8) is 0 Å². The summed E-state index contributed by atoms with van der Waals surface area (Å²) in [6.45, 7) is -1.05. The molecule has 2 rings (SSSR count). The van der Waals surface area contributed by atoms with Gasteiger partial charge in [0.05, 0.1) is 22.9 Å². The van der Waals surface area contributed by atoms with E-state index in [4.69, 9.17) is 23.2 Å². The average molecular weight is 434 g/mol. The van der Waals surface area contributed by atoms with Crippen molar-refractivity contribution in [1.29, 1.82) is 0 Å². The smallest absolute Gasteiger partial charge is 0.395 e. The van der Waals surface area contributed by atoms with Crippen LogP contribution < -0.4 is 4.72 Å². The molecule has 0 radical (unpaired) electrons. The number of aliphatic hydroxyl groups excluding tert-OH is 1. The standard InChI is InChI=1S/C14H12Cl2F3NO3S2/c15-9-3-1-8(2-4-9)13(14(17,18)19)10(7-21)20-25(22,23)12-6-5-11(16)24-12/h1-6,10,13,20-21H,7H2/t10-,13-/m1/s1. The van der Waals surface area contributed by atoms with E-state index in [2.05, 4.69) is 0 Å². The summed E-state index contributed by atoms with van der Waals surface area (Å²) in [5, 5.41) is 9.65. The van der Waals surface area contributed by atoms with Gasteiger partial charge in [0.25, 0.3) is 0 Å². The second-order valence-corrected chi connectivity index (χ2v) is 9.13. The van der Waals surface area contributed by atoms with Crippen LogP contribution in [0, 0.1) is 0 Å². The van der Waals surface area contributed by atoms with Crippen LogP contribution in [0.4, 0.5) is 13.2 Å². The lowest BCUT2D eigenvalue weighted by molar-refractivity contribution is -0.158. The highest BCUT2D eigenvalue weighted by Gasteiger charge is 2.47. The molecule has 1 aromatic carbocycles. The second kappa shape index (κ2) is 7.81. The largest absolute Gasteiger partial charge is 0.397 e. The Kier molecular flexibility index (Phi) is 6.40. The summed E-state index contributed by atoms with van der Waals surface area (Å²) in [4.78, 5) is 0. The molecular formula is C14H12Cl2F3NO3S2. The molecule has 0 aliphatic rings. The van der Waals surface area contributed by atoms with E-state index in [9.17, 15) is 26.7 Å². The predicted molar refractivity (Wildman–Crippen MR) is 90.8 cm³/mol. The molecule has 2 N–H and O–H groups in total. The molecule has 0 aliphatic heterocycles. The number of alkyl halides is 3. The first-order chi connectivity index (χ1) is 11.5. The van der Waals surface area contributed by atoms with Gasteiger partial charge in [-0.3, -0.25) is 0 Å². The molecular weight excluding hydrogens is 422 g/mol. The third-order valence-corrected chi connectivity index (χ3v) is 6.77. The molecule has 4 nitrogen and oxygen atoms in total. The van der Waals surface area contributed by atoms with E-state index in [0.717, 1.165) is 12.1 Å². The number of hydrogen-bond acceptors (Lipinski definition) is 4. The second-order valence-electron chi connectivity index (χ2n) is 5.04. The summed E-state index contributed by atoms with van der Waals surface area (Å²) in [7, 11) is -4.27. The summed E-state index contributed by atoms with van der Waals surface area (Å²) >= 11 is 12.0. The van der Waals surface area contributed by atoms with Gasteiger partial charge in [-0.05, 0) is 29.8 Å².